The minimum Gasteiger partial charge on any atom is -0.321 e. The van der Waals surface area contributed by atoms with Crippen molar-refractivity contribution in [1.29, 1.82) is 5.41 Å². The van der Waals surface area contributed by atoms with E-state index in [1.54, 1.807) is 0 Å². The van der Waals surface area contributed by atoms with E-state index in [1.165, 1.54) is 0 Å². The molecule has 2 N–H and O–H groups in total. The largest absolute Gasteiger partial charge is 0.321 e. The summed E-state index contributed by atoms with van der Waals surface area (Å²) >= 11 is 0. The van der Waals surface area contributed by atoms with E-state index in [4.69, 9.17) is 5.41 Å². The van der Waals surface area contributed by atoms with Crippen LogP contribution in [0.5, 0.6) is 0 Å². The zero-order chi connectivity index (χ0) is 10.9. The van der Waals surface area contributed by atoms with Crippen molar-refractivity contribution >= 4 is 19.5 Å². The molecule has 0 aromatic heterocycles. The van der Waals surface area contributed by atoms with Crippen LogP contribution in [0.15, 0.2) is 4.99 Å². The number of aliphatic imine (C=N–C) groups is 1. The maximum absolute atomic E-state index is 7.84. The molecule has 1 rings (SSSR count). The molecule has 0 fully saturated rings. The van der Waals surface area contributed by atoms with Crippen LogP contribution >= 0.6 is 0 Å². The third kappa shape index (κ3) is 2.34. The van der Waals surface area contributed by atoms with Crippen LogP contribution < -0.4 is 5.32 Å². The topological polar surface area (TPSA) is 51.5 Å². The third-order valence-corrected chi connectivity index (χ3v) is 3.94. The highest BCUT2D eigenvalue weighted by atomic mass is 28.3. The standard InChI is InChI=1S/C9H20N4Si/c1-7(2)13-6-11-9(12-8(13)10)14(3,4)5/h7H,6H2,1-5H3,(H2,10,11,12). The molecule has 14 heavy (non-hydrogen) atoms. The van der Waals surface area contributed by atoms with Crippen LogP contribution in [0.2, 0.25) is 19.6 Å². The maximum Gasteiger partial charge on any atom is 0.197 e. The molecule has 5 heteroatoms. The van der Waals surface area contributed by atoms with Gasteiger partial charge in [-0.2, -0.15) is 0 Å². The van der Waals surface area contributed by atoms with Gasteiger partial charge in [-0.15, -0.1) is 0 Å². The molecule has 0 saturated carbocycles. The van der Waals surface area contributed by atoms with Gasteiger partial charge in [-0.3, -0.25) is 10.4 Å². The Morgan fingerprint density at radius 1 is 1.43 bits per heavy atom. The van der Waals surface area contributed by atoms with E-state index >= 15 is 0 Å². The lowest BCUT2D eigenvalue weighted by Crippen LogP contribution is -2.57. The summed E-state index contributed by atoms with van der Waals surface area (Å²) in [7, 11) is -1.39. The molecule has 0 atom stereocenters. The molecule has 0 amide bonds. The van der Waals surface area contributed by atoms with Gasteiger partial charge in [0.05, 0.1) is 5.46 Å². The molecule has 1 aliphatic heterocycles. The van der Waals surface area contributed by atoms with Gasteiger partial charge in [0, 0.05) is 6.04 Å². The van der Waals surface area contributed by atoms with Gasteiger partial charge in [0.15, 0.2) is 5.96 Å². The SMILES string of the molecule is CC(C)N1CN=C([Si](C)(C)C)NC1=N. The number of hydrogen-bond donors (Lipinski definition) is 2. The van der Waals surface area contributed by atoms with Crippen LogP contribution in [-0.2, 0) is 0 Å². The van der Waals surface area contributed by atoms with E-state index in [9.17, 15) is 0 Å². The van der Waals surface area contributed by atoms with Crippen LogP contribution in [0.3, 0.4) is 0 Å². The van der Waals surface area contributed by atoms with E-state index in [0.717, 1.165) is 5.46 Å². The second-order valence-corrected chi connectivity index (χ2v) is 9.91. The summed E-state index contributed by atoms with van der Waals surface area (Å²) < 4.78 is 0. The molecule has 1 aliphatic rings. The van der Waals surface area contributed by atoms with Crippen molar-refractivity contribution in [3.63, 3.8) is 0 Å². The molecule has 0 unspecified atom stereocenters. The molecule has 4 nitrogen and oxygen atoms in total. The predicted molar refractivity (Wildman–Crippen MR) is 63.5 cm³/mol. The molecule has 0 bridgehead atoms. The zero-order valence-electron chi connectivity index (χ0n) is 9.68. The lowest BCUT2D eigenvalue weighted by molar-refractivity contribution is 0.344. The van der Waals surface area contributed by atoms with Gasteiger partial charge >= 0.3 is 0 Å². The van der Waals surface area contributed by atoms with Crippen LogP contribution in [0.25, 0.3) is 0 Å². The first-order chi connectivity index (χ1) is 6.32. The minimum atomic E-state index is -1.39. The molecule has 0 aliphatic carbocycles. The number of amidine groups is 1. The average molecular weight is 212 g/mol. The Morgan fingerprint density at radius 3 is 2.36 bits per heavy atom. The van der Waals surface area contributed by atoms with Gasteiger partial charge in [-0.25, -0.2) is 0 Å². The predicted octanol–water partition coefficient (Wildman–Crippen LogP) is 1.47. The highest BCUT2D eigenvalue weighted by Crippen LogP contribution is 2.09. The summed E-state index contributed by atoms with van der Waals surface area (Å²) in [4.78, 5) is 6.45. The van der Waals surface area contributed by atoms with Gasteiger partial charge in [0.2, 0.25) is 0 Å². The second-order valence-electron chi connectivity index (χ2n) is 4.94. The number of guanidine groups is 1. The van der Waals surface area contributed by atoms with E-state index < -0.39 is 8.07 Å². The van der Waals surface area contributed by atoms with Crippen molar-refractivity contribution in [2.75, 3.05) is 6.67 Å². The Kier molecular flexibility index (Phi) is 2.99. The van der Waals surface area contributed by atoms with Gasteiger partial charge < -0.3 is 10.2 Å². The van der Waals surface area contributed by atoms with E-state index in [-0.39, 0.29) is 0 Å². The summed E-state index contributed by atoms with van der Waals surface area (Å²) in [5, 5.41) is 11.0. The molecule has 1 heterocycles. The van der Waals surface area contributed by atoms with Crippen LogP contribution in [-0.4, -0.2) is 37.1 Å². The third-order valence-electron chi connectivity index (χ3n) is 2.24. The van der Waals surface area contributed by atoms with E-state index in [0.29, 0.717) is 18.7 Å². The monoisotopic (exact) mass is 212 g/mol. The quantitative estimate of drug-likeness (QED) is 0.681. The fraction of sp³-hybridized carbons (Fsp3) is 0.778. The Bertz CT molecular complexity index is 264. The average Bonchev–Trinajstić information content (AvgIpc) is 2.01. The van der Waals surface area contributed by atoms with Crippen molar-refractivity contribution in [3.05, 3.63) is 0 Å². The number of rotatable bonds is 2. The number of nitrogens with one attached hydrogen (secondary N) is 2. The van der Waals surface area contributed by atoms with E-state index in [1.807, 2.05) is 4.90 Å². The van der Waals surface area contributed by atoms with Gasteiger partial charge in [0.1, 0.15) is 14.7 Å². The van der Waals surface area contributed by atoms with Crippen molar-refractivity contribution in [1.82, 2.24) is 10.2 Å². The summed E-state index contributed by atoms with van der Waals surface area (Å²) in [5.74, 6) is 0.493. The minimum absolute atomic E-state index is 0.335. The molecule has 0 radical (unpaired) electrons. The van der Waals surface area contributed by atoms with Gasteiger partial charge in [0.25, 0.3) is 0 Å². The smallest absolute Gasteiger partial charge is 0.197 e. The first-order valence-corrected chi connectivity index (χ1v) is 8.49. The lowest BCUT2D eigenvalue weighted by Gasteiger charge is -2.35. The molecule has 0 spiro atoms. The first-order valence-electron chi connectivity index (χ1n) is 4.99. The van der Waals surface area contributed by atoms with Crippen molar-refractivity contribution in [2.45, 2.75) is 39.5 Å². The Hall–Kier alpha value is -0.843. The Balaban J connectivity index is 2.78. The highest BCUT2D eigenvalue weighted by Gasteiger charge is 2.27. The van der Waals surface area contributed by atoms with Crippen LogP contribution in [0.1, 0.15) is 13.8 Å². The summed E-state index contributed by atoms with van der Waals surface area (Å²) in [6.45, 7) is 11.5. The molecule has 0 saturated heterocycles. The Labute approximate surface area is 86.9 Å². The molecule has 0 aromatic rings. The highest BCUT2D eigenvalue weighted by molar-refractivity contribution is 7.04. The molecular weight excluding hydrogens is 192 g/mol. The van der Waals surface area contributed by atoms with Gasteiger partial charge in [-0.1, -0.05) is 19.6 Å². The van der Waals surface area contributed by atoms with Crippen molar-refractivity contribution in [2.24, 2.45) is 4.99 Å². The van der Waals surface area contributed by atoms with Crippen molar-refractivity contribution in [3.8, 4) is 0 Å². The molecule has 80 valence electrons. The lowest BCUT2D eigenvalue weighted by atomic mass is 10.3. The fourth-order valence-corrected chi connectivity index (χ4v) is 2.33. The van der Waals surface area contributed by atoms with Crippen LogP contribution in [0.4, 0.5) is 0 Å². The van der Waals surface area contributed by atoms with Gasteiger partial charge in [-0.05, 0) is 13.8 Å². The first kappa shape index (κ1) is 11.2. The summed E-state index contributed by atoms with van der Waals surface area (Å²) in [6, 6.07) is 0.335. The summed E-state index contributed by atoms with van der Waals surface area (Å²) in [6.07, 6.45) is 0. The maximum atomic E-state index is 7.84. The molecule has 0 aromatic carbocycles. The molecular formula is C9H20N4Si. The summed E-state index contributed by atoms with van der Waals surface area (Å²) in [5.41, 5.74) is 1.04. The zero-order valence-corrected chi connectivity index (χ0v) is 10.7. The van der Waals surface area contributed by atoms with E-state index in [2.05, 4.69) is 43.8 Å². The number of nitrogens with zero attached hydrogens (tertiary/aromatic N) is 2. The fourth-order valence-electron chi connectivity index (χ4n) is 1.29. The van der Waals surface area contributed by atoms with Crippen molar-refractivity contribution < 1.29 is 0 Å². The number of hydrogen-bond acceptors (Lipinski definition) is 2. The normalized spacial score (nSPS) is 18.3. The van der Waals surface area contributed by atoms with Crippen LogP contribution in [0, 0.1) is 5.41 Å². The Morgan fingerprint density at radius 2 is 2.00 bits per heavy atom. The second kappa shape index (κ2) is 3.72.